The number of rotatable bonds is 11. The standard InChI is InChI=1S/C41H76O8Si4/c1-27-38(48-52(10,11)12)34(46-50(4,5)6)25-37(44-27)45-30-18-20-39(2)29(23-30)16-17-32-33(39)24-35(47-51(7,8)9)40(3)31(28-22-36(42)43-26-28)19-21-41(32,40)49-53(13,14)15/h22,27,29-35,37-38H,16-21,23-26H2,1-15H3/t27-,29+,30-,31+,32+,33-,34+,35+,37?,38-,39-,40-,41-/m0/s1. The second-order valence-electron chi connectivity index (χ2n) is 22.3. The monoisotopic (exact) mass is 808 g/mol. The molecule has 0 spiro atoms. The van der Waals surface area contributed by atoms with E-state index in [0.717, 1.165) is 50.5 Å². The van der Waals surface area contributed by atoms with Crippen LogP contribution in [-0.2, 0) is 36.7 Å². The molecule has 4 saturated carbocycles. The molecule has 0 N–H and O–H groups in total. The molecule has 0 aromatic carbocycles. The Kier molecular flexibility index (Phi) is 11.7. The number of carbonyl (C=O) groups is 1. The summed E-state index contributed by atoms with van der Waals surface area (Å²) in [5, 5.41) is 0. The highest BCUT2D eigenvalue weighted by Gasteiger charge is 2.73. The highest BCUT2D eigenvalue weighted by Crippen LogP contribution is 2.72. The summed E-state index contributed by atoms with van der Waals surface area (Å²) in [4.78, 5) is 12.5. The molecule has 5 fully saturated rings. The van der Waals surface area contributed by atoms with Crippen LogP contribution in [0, 0.1) is 34.5 Å². The largest absolute Gasteiger partial charge is 0.458 e. The van der Waals surface area contributed by atoms with Gasteiger partial charge in [0.25, 0.3) is 0 Å². The molecule has 0 amide bonds. The molecule has 6 aliphatic rings. The van der Waals surface area contributed by atoms with Crippen LogP contribution in [-0.4, -0.2) is 88.3 Å². The van der Waals surface area contributed by atoms with Crippen molar-refractivity contribution in [2.75, 3.05) is 6.61 Å². The number of carbonyl (C=O) groups excluding carboxylic acids is 1. The summed E-state index contributed by atoms with van der Waals surface area (Å²) >= 11 is 0. The lowest BCUT2D eigenvalue weighted by atomic mass is 9.42. The third-order valence-electron chi connectivity index (χ3n) is 13.9. The van der Waals surface area contributed by atoms with Gasteiger partial charge in [0.2, 0.25) is 0 Å². The summed E-state index contributed by atoms with van der Waals surface area (Å²) in [5.41, 5.74) is 0.841. The predicted molar refractivity (Wildman–Crippen MR) is 222 cm³/mol. The molecular formula is C41H76O8Si4. The van der Waals surface area contributed by atoms with E-state index in [1.807, 2.05) is 0 Å². The molecule has 6 rings (SSSR count). The Morgan fingerprint density at radius 2 is 1.40 bits per heavy atom. The summed E-state index contributed by atoms with van der Waals surface area (Å²) in [7, 11) is -7.54. The van der Waals surface area contributed by atoms with Gasteiger partial charge in [0, 0.05) is 17.9 Å². The van der Waals surface area contributed by atoms with Crippen molar-refractivity contribution in [1.82, 2.24) is 0 Å². The summed E-state index contributed by atoms with van der Waals surface area (Å²) in [6.07, 6.45) is 11.2. The second kappa shape index (κ2) is 14.6. The van der Waals surface area contributed by atoms with Crippen LogP contribution in [0.5, 0.6) is 0 Å². The number of hydrogen-bond acceptors (Lipinski definition) is 8. The van der Waals surface area contributed by atoms with E-state index < -0.39 is 33.3 Å². The van der Waals surface area contributed by atoms with Crippen molar-refractivity contribution >= 4 is 39.2 Å². The highest BCUT2D eigenvalue weighted by molar-refractivity contribution is 6.71. The van der Waals surface area contributed by atoms with E-state index in [1.54, 1.807) is 6.08 Å². The second-order valence-corrected chi connectivity index (χ2v) is 40.1. The first-order valence-electron chi connectivity index (χ1n) is 21.1. The van der Waals surface area contributed by atoms with Crippen LogP contribution in [0.3, 0.4) is 0 Å². The fraction of sp³-hybridized carbons (Fsp3) is 0.927. The molecule has 8 nitrogen and oxygen atoms in total. The fourth-order valence-corrected chi connectivity index (χ4v) is 17.3. The van der Waals surface area contributed by atoms with Crippen LogP contribution in [0.1, 0.15) is 78.6 Å². The van der Waals surface area contributed by atoms with Crippen LogP contribution in [0.25, 0.3) is 0 Å². The molecule has 304 valence electrons. The van der Waals surface area contributed by atoms with E-state index in [9.17, 15) is 4.79 Å². The lowest BCUT2D eigenvalue weighted by Crippen LogP contribution is -2.70. The minimum absolute atomic E-state index is 0.00578. The third-order valence-corrected chi connectivity index (χ3v) is 17.9. The van der Waals surface area contributed by atoms with E-state index in [-0.39, 0.29) is 65.1 Å². The summed E-state index contributed by atoms with van der Waals surface area (Å²) in [5.74, 6) is 1.60. The third kappa shape index (κ3) is 8.67. The smallest absolute Gasteiger partial charge is 0.331 e. The summed E-state index contributed by atoms with van der Waals surface area (Å²) in [6, 6.07) is 0. The van der Waals surface area contributed by atoms with Gasteiger partial charge in [-0.3, -0.25) is 0 Å². The van der Waals surface area contributed by atoms with Gasteiger partial charge in [-0.05, 0) is 172 Å². The Balaban J connectivity index is 1.26. The Morgan fingerprint density at radius 1 is 0.736 bits per heavy atom. The van der Waals surface area contributed by atoms with Crippen molar-refractivity contribution < 1.29 is 36.7 Å². The van der Waals surface area contributed by atoms with Gasteiger partial charge in [-0.1, -0.05) is 13.8 Å². The van der Waals surface area contributed by atoms with Gasteiger partial charge in [-0.2, -0.15) is 0 Å². The molecule has 2 heterocycles. The molecule has 1 unspecified atom stereocenters. The van der Waals surface area contributed by atoms with Crippen molar-refractivity contribution in [1.29, 1.82) is 0 Å². The first kappa shape index (κ1) is 42.4. The van der Waals surface area contributed by atoms with Crippen LogP contribution < -0.4 is 0 Å². The minimum Gasteiger partial charge on any atom is -0.458 e. The molecule has 1 saturated heterocycles. The molecule has 4 aliphatic carbocycles. The van der Waals surface area contributed by atoms with E-state index in [4.69, 9.17) is 31.9 Å². The SMILES string of the molecule is C[C@@H]1OC(O[C@H]2CC[C@@]3(C)[C@H](CC[C@@H]4[C@@H]3C[C@@H](O[Si](C)(C)C)[C@]3(C)[C@@H](C5=CC(=O)OC5)CC[C@]43O[Si](C)(C)C)C2)C[C@@H](O[Si](C)(C)C)[C@H]1O[Si](C)(C)C. The van der Waals surface area contributed by atoms with Crippen molar-refractivity contribution in [3.63, 3.8) is 0 Å². The number of cyclic esters (lactones) is 1. The van der Waals surface area contributed by atoms with Crippen LogP contribution in [0.15, 0.2) is 11.6 Å². The Hall–Kier alpha value is -0.162. The predicted octanol–water partition coefficient (Wildman–Crippen LogP) is 9.89. The van der Waals surface area contributed by atoms with Crippen molar-refractivity contribution in [3.8, 4) is 0 Å². The average molecular weight is 809 g/mol. The Bertz CT molecular complexity index is 1380. The Labute approximate surface area is 327 Å². The van der Waals surface area contributed by atoms with Gasteiger partial charge in [0.1, 0.15) is 6.61 Å². The van der Waals surface area contributed by atoms with Crippen LogP contribution in [0.2, 0.25) is 78.6 Å². The van der Waals surface area contributed by atoms with E-state index in [2.05, 4.69) is 99.3 Å². The van der Waals surface area contributed by atoms with Gasteiger partial charge in [-0.15, -0.1) is 0 Å². The van der Waals surface area contributed by atoms with Gasteiger partial charge >= 0.3 is 5.97 Å². The van der Waals surface area contributed by atoms with Gasteiger partial charge in [-0.25, -0.2) is 4.79 Å². The number of esters is 1. The molecule has 0 bridgehead atoms. The van der Waals surface area contributed by atoms with Gasteiger partial charge in [0.15, 0.2) is 39.6 Å². The van der Waals surface area contributed by atoms with E-state index >= 15 is 0 Å². The van der Waals surface area contributed by atoms with E-state index in [1.165, 1.54) is 12.8 Å². The molecule has 0 aromatic rings. The lowest BCUT2D eigenvalue weighted by molar-refractivity contribution is -0.269. The number of ether oxygens (including phenoxy) is 3. The van der Waals surface area contributed by atoms with Crippen LogP contribution in [0.4, 0.5) is 0 Å². The van der Waals surface area contributed by atoms with Crippen molar-refractivity contribution in [2.45, 2.75) is 200 Å². The normalized spacial score (nSPS) is 43.8. The van der Waals surface area contributed by atoms with Crippen LogP contribution >= 0.6 is 0 Å². The Morgan fingerprint density at radius 3 is 1.98 bits per heavy atom. The summed E-state index contributed by atoms with van der Waals surface area (Å²) in [6.45, 7) is 35.4. The zero-order valence-electron chi connectivity index (χ0n) is 36.2. The topological polar surface area (TPSA) is 81.7 Å². The lowest BCUT2D eigenvalue weighted by Gasteiger charge is -2.68. The fourth-order valence-electron chi connectivity index (χ4n) is 12.2. The zero-order valence-corrected chi connectivity index (χ0v) is 40.2. The molecule has 12 heteroatoms. The van der Waals surface area contributed by atoms with Crippen molar-refractivity contribution in [3.05, 3.63) is 11.6 Å². The van der Waals surface area contributed by atoms with E-state index in [0.29, 0.717) is 24.4 Å². The number of fused-ring (bicyclic) bond motifs is 5. The highest BCUT2D eigenvalue weighted by atomic mass is 28.4. The molecule has 13 atom stereocenters. The molecule has 53 heavy (non-hydrogen) atoms. The van der Waals surface area contributed by atoms with Gasteiger partial charge < -0.3 is 31.9 Å². The minimum atomic E-state index is -1.99. The zero-order chi connectivity index (χ0) is 39.2. The maximum absolute atomic E-state index is 12.5. The maximum atomic E-state index is 12.5. The first-order chi connectivity index (χ1) is 24.2. The van der Waals surface area contributed by atoms with Gasteiger partial charge in [0.05, 0.1) is 36.1 Å². The summed E-state index contributed by atoms with van der Waals surface area (Å²) < 4.78 is 47.8. The molecular weight excluding hydrogens is 733 g/mol. The first-order valence-corrected chi connectivity index (χ1v) is 34.8. The number of hydrogen-bond donors (Lipinski definition) is 0. The quantitative estimate of drug-likeness (QED) is 0.116. The van der Waals surface area contributed by atoms with Crippen molar-refractivity contribution in [2.24, 2.45) is 34.5 Å². The average Bonchev–Trinajstić information content (AvgIpc) is 3.53. The molecule has 0 aromatic heterocycles. The molecule has 2 aliphatic heterocycles. The maximum Gasteiger partial charge on any atom is 0.331 e. The molecule has 0 radical (unpaired) electrons.